The molecule has 7 nitrogen and oxygen atoms in total. The fourth-order valence-electron chi connectivity index (χ4n) is 4.04. The fraction of sp³-hybridized carbons (Fsp3) is 0.450. The van der Waals surface area contributed by atoms with Crippen molar-refractivity contribution >= 4 is 17.4 Å². The smallest absolute Gasteiger partial charge is 0.244 e. The minimum atomic E-state index is -0.0586. The lowest BCUT2D eigenvalue weighted by Gasteiger charge is -2.27. The van der Waals surface area contributed by atoms with E-state index in [4.69, 9.17) is 4.74 Å². The number of nitrogens with zero attached hydrogens (tertiary/aromatic N) is 5. The van der Waals surface area contributed by atoms with Crippen molar-refractivity contribution in [2.45, 2.75) is 18.9 Å². The van der Waals surface area contributed by atoms with Crippen LogP contribution in [-0.2, 0) is 4.79 Å². The standard InChI is InChI=1S/C20H25N5O2/c1-27-18-7-3-2-6-16(18)25-13-9-17(20(25)26)23-11-5-12-24(15-14-23)19-8-4-10-21-22-19/h2-4,6-8,10,17H,5,9,11-15H2,1H3. The zero-order valence-corrected chi connectivity index (χ0v) is 15.6. The molecule has 1 atom stereocenters. The normalized spacial score (nSPS) is 21.4. The highest BCUT2D eigenvalue weighted by molar-refractivity contribution is 6.00. The van der Waals surface area contributed by atoms with Crippen LogP contribution in [0.2, 0.25) is 0 Å². The lowest BCUT2D eigenvalue weighted by Crippen LogP contribution is -2.43. The van der Waals surface area contributed by atoms with Gasteiger partial charge in [-0.1, -0.05) is 12.1 Å². The van der Waals surface area contributed by atoms with E-state index in [0.29, 0.717) is 0 Å². The highest BCUT2D eigenvalue weighted by Gasteiger charge is 2.38. The van der Waals surface area contributed by atoms with E-state index in [9.17, 15) is 4.79 Å². The molecule has 0 bridgehead atoms. The molecular formula is C20H25N5O2. The van der Waals surface area contributed by atoms with E-state index < -0.39 is 0 Å². The molecule has 7 heteroatoms. The summed E-state index contributed by atoms with van der Waals surface area (Å²) in [5.41, 5.74) is 0.864. The SMILES string of the molecule is COc1ccccc1N1CCC(N2CCCN(c3cccnn3)CC2)C1=O. The largest absolute Gasteiger partial charge is 0.495 e. The quantitative estimate of drug-likeness (QED) is 0.821. The van der Waals surface area contributed by atoms with Gasteiger partial charge in [-0.15, -0.1) is 5.10 Å². The van der Waals surface area contributed by atoms with E-state index in [0.717, 1.165) is 62.8 Å². The summed E-state index contributed by atoms with van der Waals surface area (Å²) in [5, 5.41) is 8.20. The monoisotopic (exact) mass is 367 g/mol. The Kier molecular flexibility index (Phi) is 5.20. The number of carbonyl (C=O) groups excluding carboxylic acids is 1. The summed E-state index contributed by atoms with van der Waals surface area (Å²) < 4.78 is 5.44. The highest BCUT2D eigenvalue weighted by atomic mass is 16.5. The molecule has 4 rings (SSSR count). The molecule has 1 aromatic heterocycles. The predicted molar refractivity (Wildman–Crippen MR) is 104 cm³/mol. The zero-order valence-electron chi connectivity index (χ0n) is 15.6. The van der Waals surface area contributed by atoms with E-state index in [2.05, 4.69) is 20.0 Å². The molecule has 1 unspecified atom stereocenters. The summed E-state index contributed by atoms with van der Waals surface area (Å²) in [6.45, 7) is 4.30. The lowest BCUT2D eigenvalue weighted by atomic mass is 10.2. The number of methoxy groups -OCH3 is 1. The summed E-state index contributed by atoms with van der Waals surface area (Å²) in [7, 11) is 1.65. The van der Waals surface area contributed by atoms with Gasteiger partial charge in [0.05, 0.1) is 18.8 Å². The van der Waals surface area contributed by atoms with Crippen LogP contribution in [-0.4, -0.2) is 66.9 Å². The number of aromatic nitrogens is 2. The van der Waals surface area contributed by atoms with Crippen molar-refractivity contribution in [1.82, 2.24) is 15.1 Å². The summed E-state index contributed by atoms with van der Waals surface area (Å²) >= 11 is 0. The van der Waals surface area contributed by atoms with Crippen LogP contribution in [0.1, 0.15) is 12.8 Å². The Balaban J connectivity index is 1.44. The molecule has 0 radical (unpaired) electrons. The molecule has 0 aliphatic carbocycles. The van der Waals surface area contributed by atoms with Crippen molar-refractivity contribution in [3.05, 3.63) is 42.6 Å². The van der Waals surface area contributed by atoms with Gasteiger partial charge < -0.3 is 14.5 Å². The predicted octanol–water partition coefficient (Wildman–Crippen LogP) is 1.80. The minimum Gasteiger partial charge on any atom is -0.495 e. The van der Waals surface area contributed by atoms with Gasteiger partial charge in [0.1, 0.15) is 5.75 Å². The molecule has 2 aliphatic rings. The van der Waals surface area contributed by atoms with Gasteiger partial charge in [-0.3, -0.25) is 9.69 Å². The second-order valence-corrected chi connectivity index (χ2v) is 6.92. The van der Waals surface area contributed by atoms with Crippen molar-refractivity contribution in [3.8, 4) is 5.75 Å². The third kappa shape index (κ3) is 3.60. The van der Waals surface area contributed by atoms with Crippen molar-refractivity contribution in [2.24, 2.45) is 0 Å². The number of ether oxygens (including phenoxy) is 1. The number of hydrogen-bond acceptors (Lipinski definition) is 6. The first-order valence-electron chi connectivity index (χ1n) is 9.49. The van der Waals surface area contributed by atoms with Crippen molar-refractivity contribution < 1.29 is 9.53 Å². The molecule has 0 saturated carbocycles. The van der Waals surface area contributed by atoms with Crippen LogP contribution >= 0.6 is 0 Å². The van der Waals surface area contributed by atoms with Gasteiger partial charge in [0.25, 0.3) is 0 Å². The van der Waals surface area contributed by atoms with Crippen LogP contribution in [0.25, 0.3) is 0 Å². The topological polar surface area (TPSA) is 61.8 Å². The second-order valence-electron chi connectivity index (χ2n) is 6.92. The molecule has 2 aliphatic heterocycles. The van der Waals surface area contributed by atoms with Crippen molar-refractivity contribution in [3.63, 3.8) is 0 Å². The fourth-order valence-corrected chi connectivity index (χ4v) is 4.04. The Morgan fingerprint density at radius 2 is 1.93 bits per heavy atom. The van der Waals surface area contributed by atoms with Crippen LogP contribution < -0.4 is 14.5 Å². The van der Waals surface area contributed by atoms with E-state index >= 15 is 0 Å². The maximum atomic E-state index is 13.1. The van der Waals surface area contributed by atoms with Crippen LogP contribution in [0.3, 0.4) is 0 Å². The van der Waals surface area contributed by atoms with Crippen LogP contribution in [0.15, 0.2) is 42.6 Å². The first-order valence-corrected chi connectivity index (χ1v) is 9.49. The molecule has 2 aromatic rings. The maximum Gasteiger partial charge on any atom is 0.244 e. The molecule has 2 saturated heterocycles. The first-order chi connectivity index (χ1) is 13.3. The van der Waals surface area contributed by atoms with Crippen LogP contribution in [0.5, 0.6) is 5.75 Å². The Bertz CT molecular complexity index is 785. The zero-order chi connectivity index (χ0) is 18.6. The van der Waals surface area contributed by atoms with Crippen LogP contribution in [0.4, 0.5) is 11.5 Å². The second kappa shape index (κ2) is 7.92. The summed E-state index contributed by atoms with van der Waals surface area (Å²) in [5.74, 6) is 1.83. The van der Waals surface area contributed by atoms with Crippen molar-refractivity contribution in [1.29, 1.82) is 0 Å². The number of benzene rings is 1. The molecule has 142 valence electrons. The molecular weight excluding hydrogens is 342 g/mol. The van der Waals surface area contributed by atoms with Crippen LogP contribution in [0, 0.1) is 0 Å². The van der Waals surface area contributed by atoms with Gasteiger partial charge in [0, 0.05) is 38.9 Å². The van der Waals surface area contributed by atoms with E-state index in [1.807, 2.05) is 41.3 Å². The van der Waals surface area contributed by atoms with Gasteiger partial charge >= 0.3 is 0 Å². The van der Waals surface area contributed by atoms with E-state index in [1.165, 1.54) is 0 Å². The molecule has 27 heavy (non-hydrogen) atoms. The summed E-state index contributed by atoms with van der Waals surface area (Å²) in [6, 6.07) is 11.6. The Hall–Kier alpha value is -2.67. The van der Waals surface area contributed by atoms with Gasteiger partial charge in [0.15, 0.2) is 5.82 Å². The van der Waals surface area contributed by atoms with E-state index in [-0.39, 0.29) is 11.9 Å². The Morgan fingerprint density at radius 3 is 2.74 bits per heavy atom. The molecule has 0 spiro atoms. The molecule has 0 N–H and O–H groups in total. The number of amides is 1. The maximum absolute atomic E-state index is 13.1. The van der Waals surface area contributed by atoms with Gasteiger partial charge in [-0.25, -0.2) is 0 Å². The molecule has 1 amide bonds. The molecule has 2 fully saturated rings. The lowest BCUT2D eigenvalue weighted by molar-refractivity contribution is -0.121. The summed E-state index contributed by atoms with van der Waals surface area (Å²) in [4.78, 5) is 19.6. The minimum absolute atomic E-state index is 0.0586. The van der Waals surface area contributed by atoms with Gasteiger partial charge in [0.2, 0.25) is 5.91 Å². The molecule has 1 aromatic carbocycles. The number of rotatable bonds is 4. The average molecular weight is 367 g/mol. The average Bonchev–Trinajstić information content (AvgIpc) is 2.94. The Morgan fingerprint density at radius 1 is 1.04 bits per heavy atom. The third-order valence-corrected chi connectivity index (χ3v) is 5.41. The summed E-state index contributed by atoms with van der Waals surface area (Å²) in [6.07, 6.45) is 3.55. The van der Waals surface area contributed by atoms with Gasteiger partial charge in [-0.2, -0.15) is 5.10 Å². The third-order valence-electron chi connectivity index (χ3n) is 5.41. The van der Waals surface area contributed by atoms with Gasteiger partial charge in [-0.05, 0) is 37.1 Å². The highest BCUT2D eigenvalue weighted by Crippen LogP contribution is 2.32. The van der Waals surface area contributed by atoms with Crippen molar-refractivity contribution in [2.75, 3.05) is 49.6 Å². The molecule has 3 heterocycles. The number of hydrogen-bond donors (Lipinski definition) is 0. The number of carbonyl (C=O) groups is 1. The number of para-hydroxylation sites is 2. The Labute approximate surface area is 159 Å². The number of anilines is 2. The first kappa shape index (κ1) is 17.7. The van der Waals surface area contributed by atoms with E-state index in [1.54, 1.807) is 13.3 Å².